The fraction of sp³-hybridized carbons (Fsp3) is 0.467. The maximum absolute atomic E-state index is 12.5. The quantitative estimate of drug-likeness (QED) is 0.881. The highest BCUT2D eigenvalue weighted by Gasteiger charge is 2.32. The van der Waals surface area contributed by atoms with E-state index < -0.39 is 12.0 Å². The van der Waals surface area contributed by atoms with Gasteiger partial charge in [0, 0.05) is 6.54 Å². The van der Waals surface area contributed by atoms with Gasteiger partial charge in [0.1, 0.15) is 13.2 Å². The highest BCUT2D eigenvalue weighted by molar-refractivity contribution is 6.32. The van der Waals surface area contributed by atoms with Crippen molar-refractivity contribution in [3.05, 3.63) is 22.7 Å². The van der Waals surface area contributed by atoms with Gasteiger partial charge in [0.2, 0.25) is 5.91 Å². The van der Waals surface area contributed by atoms with Gasteiger partial charge in [-0.15, -0.1) is 0 Å². The number of fused-ring (bicyclic) bond motifs is 1. The van der Waals surface area contributed by atoms with Crippen LogP contribution >= 0.6 is 11.6 Å². The zero-order chi connectivity index (χ0) is 16.4. The van der Waals surface area contributed by atoms with Crippen molar-refractivity contribution in [2.24, 2.45) is 0 Å². The van der Waals surface area contributed by atoms with Crippen LogP contribution in [0.25, 0.3) is 0 Å². The Hall–Kier alpha value is -1.99. The fourth-order valence-electron chi connectivity index (χ4n) is 2.65. The number of amides is 1. The van der Waals surface area contributed by atoms with Crippen molar-refractivity contribution >= 4 is 23.5 Å². The van der Waals surface area contributed by atoms with Crippen molar-refractivity contribution < 1.29 is 28.9 Å². The molecular formula is C15H16ClNO6. The van der Waals surface area contributed by atoms with Crippen molar-refractivity contribution in [3.8, 4) is 11.5 Å². The molecule has 0 bridgehead atoms. The van der Waals surface area contributed by atoms with Gasteiger partial charge in [-0.1, -0.05) is 11.6 Å². The molecule has 2 heterocycles. The van der Waals surface area contributed by atoms with Crippen LogP contribution in [-0.4, -0.2) is 60.9 Å². The summed E-state index contributed by atoms with van der Waals surface area (Å²) in [5.74, 6) is -0.376. The van der Waals surface area contributed by atoms with Crippen molar-refractivity contribution in [1.82, 2.24) is 4.90 Å². The van der Waals surface area contributed by atoms with Gasteiger partial charge in [0.15, 0.2) is 17.5 Å². The van der Waals surface area contributed by atoms with Gasteiger partial charge in [-0.25, -0.2) is 4.79 Å². The predicted molar refractivity (Wildman–Crippen MR) is 80.1 cm³/mol. The number of morpholine rings is 1. The third-order valence-electron chi connectivity index (χ3n) is 3.75. The Bertz CT molecular complexity index is 635. The molecule has 2 aliphatic heterocycles. The number of hydrogen-bond donors (Lipinski definition) is 1. The molecule has 1 atom stereocenters. The smallest absolute Gasteiger partial charge is 0.328 e. The van der Waals surface area contributed by atoms with Gasteiger partial charge >= 0.3 is 5.97 Å². The Balaban J connectivity index is 1.77. The number of benzene rings is 1. The van der Waals surface area contributed by atoms with Gasteiger partial charge in [-0.2, -0.15) is 0 Å². The molecule has 7 nitrogen and oxygen atoms in total. The summed E-state index contributed by atoms with van der Waals surface area (Å²) in [6.07, 6.45) is 0.0418. The Morgan fingerprint density at radius 3 is 2.83 bits per heavy atom. The third kappa shape index (κ3) is 3.35. The predicted octanol–water partition coefficient (Wildman–Crippen LogP) is 0.966. The summed E-state index contributed by atoms with van der Waals surface area (Å²) in [5, 5.41) is 9.57. The van der Waals surface area contributed by atoms with Gasteiger partial charge in [-0.05, 0) is 17.7 Å². The van der Waals surface area contributed by atoms with Crippen molar-refractivity contribution in [2.75, 3.05) is 33.0 Å². The first-order valence-electron chi connectivity index (χ1n) is 7.24. The average molecular weight is 342 g/mol. The van der Waals surface area contributed by atoms with E-state index in [2.05, 4.69) is 0 Å². The minimum atomic E-state index is -1.07. The lowest BCUT2D eigenvalue weighted by Crippen LogP contribution is -2.53. The van der Waals surface area contributed by atoms with Crippen molar-refractivity contribution in [3.63, 3.8) is 0 Å². The molecule has 23 heavy (non-hydrogen) atoms. The summed E-state index contributed by atoms with van der Waals surface area (Å²) in [6, 6.07) is 2.39. The molecule has 0 aromatic heterocycles. The van der Waals surface area contributed by atoms with Crippen molar-refractivity contribution in [2.45, 2.75) is 12.5 Å². The second kappa shape index (κ2) is 6.64. The Morgan fingerprint density at radius 1 is 1.26 bits per heavy atom. The standard InChI is InChI=1S/C15H16ClNO6/c16-10-5-9(6-12-14(10)23-4-3-22-12)7-13(18)17-1-2-21-8-11(17)15(19)20/h5-6,11H,1-4,7-8H2,(H,19,20). The van der Waals surface area contributed by atoms with E-state index in [0.29, 0.717) is 41.9 Å². The Morgan fingerprint density at radius 2 is 2.04 bits per heavy atom. The van der Waals surface area contributed by atoms with Gasteiger partial charge in [0.05, 0.1) is 24.7 Å². The molecule has 1 unspecified atom stereocenters. The zero-order valence-corrected chi connectivity index (χ0v) is 13.0. The maximum atomic E-state index is 12.5. The lowest BCUT2D eigenvalue weighted by Gasteiger charge is -2.33. The number of ether oxygens (including phenoxy) is 3. The second-order valence-electron chi connectivity index (χ2n) is 5.29. The lowest BCUT2D eigenvalue weighted by atomic mass is 10.1. The first-order valence-corrected chi connectivity index (χ1v) is 7.62. The molecule has 1 aromatic carbocycles. The van der Waals surface area contributed by atoms with E-state index >= 15 is 0 Å². The largest absolute Gasteiger partial charge is 0.486 e. The Labute approximate surface area is 137 Å². The summed E-state index contributed by atoms with van der Waals surface area (Å²) in [6.45, 7) is 1.44. The van der Waals surface area contributed by atoms with Crippen LogP contribution in [0, 0.1) is 0 Å². The molecular weight excluding hydrogens is 326 g/mol. The molecule has 2 aliphatic rings. The molecule has 1 N–H and O–H groups in total. The first-order chi connectivity index (χ1) is 11.1. The lowest BCUT2D eigenvalue weighted by molar-refractivity contribution is -0.158. The monoisotopic (exact) mass is 341 g/mol. The summed E-state index contributed by atoms with van der Waals surface area (Å²) in [5.41, 5.74) is 0.653. The molecule has 8 heteroatoms. The van der Waals surface area contributed by atoms with E-state index in [9.17, 15) is 14.7 Å². The number of hydrogen-bond acceptors (Lipinski definition) is 5. The molecule has 0 radical (unpaired) electrons. The van der Waals surface area contributed by atoms with Crippen LogP contribution in [-0.2, 0) is 20.7 Å². The fourth-order valence-corrected chi connectivity index (χ4v) is 2.94. The number of carboxylic acid groups (broad SMARTS) is 1. The second-order valence-corrected chi connectivity index (χ2v) is 5.70. The highest BCUT2D eigenvalue weighted by atomic mass is 35.5. The summed E-state index contributed by atoms with van der Waals surface area (Å²) >= 11 is 6.15. The van der Waals surface area contributed by atoms with E-state index in [1.807, 2.05) is 0 Å². The van der Waals surface area contributed by atoms with Crippen LogP contribution in [0.2, 0.25) is 5.02 Å². The first kappa shape index (κ1) is 15.9. The van der Waals surface area contributed by atoms with Gasteiger partial charge in [-0.3, -0.25) is 4.79 Å². The third-order valence-corrected chi connectivity index (χ3v) is 4.03. The van der Waals surface area contributed by atoms with Crippen LogP contribution in [0.1, 0.15) is 5.56 Å². The number of aliphatic carboxylic acids is 1. The molecule has 1 aromatic rings. The van der Waals surface area contributed by atoms with E-state index in [1.165, 1.54) is 4.90 Å². The van der Waals surface area contributed by atoms with Crippen LogP contribution in [0.15, 0.2) is 12.1 Å². The summed E-state index contributed by atoms with van der Waals surface area (Å²) in [4.78, 5) is 25.0. The number of nitrogens with zero attached hydrogens (tertiary/aromatic N) is 1. The molecule has 124 valence electrons. The van der Waals surface area contributed by atoms with Gasteiger partial charge < -0.3 is 24.2 Å². The molecule has 0 aliphatic carbocycles. The number of carboxylic acids is 1. The number of carbonyl (C=O) groups is 2. The van der Waals surface area contributed by atoms with Crippen LogP contribution < -0.4 is 9.47 Å². The molecule has 1 amide bonds. The minimum Gasteiger partial charge on any atom is -0.486 e. The van der Waals surface area contributed by atoms with E-state index in [0.717, 1.165) is 0 Å². The normalized spacial score (nSPS) is 20.2. The average Bonchev–Trinajstić information content (AvgIpc) is 2.55. The van der Waals surface area contributed by atoms with Crippen LogP contribution in [0.3, 0.4) is 0 Å². The van der Waals surface area contributed by atoms with Crippen LogP contribution in [0.5, 0.6) is 11.5 Å². The summed E-state index contributed by atoms with van der Waals surface area (Å²) in [7, 11) is 0. The topological polar surface area (TPSA) is 85.3 Å². The number of carbonyl (C=O) groups excluding carboxylic acids is 1. The van der Waals surface area contributed by atoms with E-state index in [-0.39, 0.29) is 25.5 Å². The highest BCUT2D eigenvalue weighted by Crippen LogP contribution is 2.38. The molecule has 3 rings (SSSR count). The molecule has 0 spiro atoms. The van der Waals surface area contributed by atoms with Crippen molar-refractivity contribution in [1.29, 1.82) is 0 Å². The van der Waals surface area contributed by atoms with Crippen LogP contribution in [0.4, 0.5) is 0 Å². The van der Waals surface area contributed by atoms with E-state index in [4.69, 9.17) is 25.8 Å². The van der Waals surface area contributed by atoms with E-state index in [1.54, 1.807) is 12.1 Å². The molecule has 0 saturated carbocycles. The Kier molecular flexibility index (Phi) is 4.58. The minimum absolute atomic E-state index is 0.00294. The zero-order valence-electron chi connectivity index (χ0n) is 12.3. The number of rotatable bonds is 3. The molecule has 1 fully saturated rings. The van der Waals surface area contributed by atoms with Gasteiger partial charge in [0.25, 0.3) is 0 Å². The maximum Gasteiger partial charge on any atom is 0.328 e. The molecule has 1 saturated heterocycles. The number of halogens is 1. The summed E-state index contributed by atoms with van der Waals surface area (Å²) < 4.78 is 16.1. The SMILES string of the molecule is O=C(O)C1COCCN1C(=O)Cc1cc(Cl)c2c(c1)OCCO2.